The third kappa shape index (κ3) is 6.26. The monoisotopic (exact) mass is 679 g/mol. The summed E-state index contributed by atoms with van der Waals surface area (Å²) in [6, 6.07) is 56.2. The first-order valence-corrected chi connectivity index (χ1v) is 17.6. The van der Waals surface area contributed by atoms with E-state index in [1.807, 2.05) is 72.8 Å². The molecule has 0 aromatic heterocycles. The minimum atomic E-state index is 0.350. The summed E-state index contributed by atoms with van der Waals surface area (Å²) in [6.07, 6.45) is 3.87. The average molecular weight is 680 g/mol. The topological polar surface area (TPSA) is 50.7 Å². The van der Waals surface area contributed by atoms with Crippen LogP contribution in [0.5, 0.6) is 0 Å². The number of aliphatic imine (C=N–C) groups is 2. The van der Waals surface area contributed by atoms with Gasteiger partial charge in [0.2, 0.25) is 0 Å². The zero-order valence-electron chi connectivity index (χ0n) is 29.3. The Hall–Kier alpha value is -7.10. The minimum Gasteiger partial charge on any atom is -0.383 e. The number of rotatable bonds is 8. The maximum atomic E-state index is 7.06. The Kier molecular flexibility index (Phi) is 8.90. The van der Waals surface area contributed by atoms with E-state index in [0.717, 1.165) is 77.0 Å². The standard InChI is InChI=1S/C50H37N3/c1-4-40-41(5-2)46-29-17-28-44(48(46)47-26-15-14-25-45(40)47)38-30-37(43-27-16-23-35-20-12-13-24-42(35)43)31-39(32-38)49(51)53-50(36-21-10-7-11-22-36)52-33(3)34-18-8-6-9-19-34/h4-32H,1-3H2,(H2,51,52,53). The zero-order valence-corrected chi connectivity index (χ0v) is 29.3. The van der Waals surface area contributed by atoms with Crippen LogP contribution in [0.2, 0.25) is 0 Å². The predicted octanol–water partition coefficient (Wildman–Crippen LogP) is 12.6. The van der Waals surface area contributed by atoms with Gasteiger partial charge in [-0.3, -0.25) is 0 Å². The van der Waals surface area contributed by atoms with Gasteiger partial charge in [0.15, 0.2) is 5.84 Å². The van der Waals surface area contributed by atoms with Crippen LogP contribution in [0.3, 0.4) is 0 Å². The fraction of sp³-hybridized carbons (Fsp3) is 0. The lowest BCUT2D eigenvalue weighted by atomic mass is 9.86. The second-order valence-electron chi connectivity index (χ2n) is 12.9. The highest BCUT2D eigenvalue weighted by Gasteiger charge is 2.17. The van der Waals surface area contributed by atoms with E-state index >= 15 is 0 Å². The molecule has 0 atom stereocenters. The van der Waals surface area contributed by atoms with Crippen molar-refractivity contribution < 1.29 is 0 Å². The average Bonchev–Trinajstić information content (AvgIpc) is 3.22. The molecule has 0 amide bonds. The van der Waals surface area contributed by atoms with E-state index < -0.39 is 0 Å². The van der Waals surface area contributed by atoms with E-state index in [1.54, 1.807) is 0 Å². The van der Waals surface area contributed by atoms with Crippen molar-refractivity contribution in [2.75, 3.05) is 0 Å². The summed E-state index contributed by atoms with van der Waals surface area (Å²) in [5.74, 6) is 0.834. The van der Waals surface area contributed by atoms with Crippen molar-refractivity contribution in [3.8, 4) is 22.3 Å². The first-order chi connectivity index (χ1) is 26.0. The first kappa shape index (κ1) is 33.1. The smallest absolute Gasteiger partial charge is 0.162 e. The van der Waals surface area contributed by atoms with Gasteiger partial charge in [-0.2, -0.15) is 0 Å². The highest BCUT2D eigenvalue weighted by molar-refractivity contribution is 6.20. The molecule has 0 aliphatic rings. The molecule has 0 spiro atoms. The molecule has 2 N–H and O–H groups in total. The third-order valence-corrected chi connectivity index (χ3v) is 9.79. The quantitative estimate of drug-likeness (QED) is 0.0970. The number of nitrogens with zero attached hydrogens (tertiary/aromatic N) is 2. The maximum Gasteiger partial charge on any atom is 0.162 e. The molecule has 8 aromatic rings. The first-order valence-electron chi connectivity index (χ1n) is 17.6. The van der Waals surface area contributed by atoms with Crippen molar-refractivity contribution >= 4 is 61.8 Å². The molecule has 0 radical (unpaired) electrons. The van der Waals surface area contributed by atoms with Crippen LogP contribution >= 0.6 is 0 Å². The van der Waals surface area contributed by atoms with Gasteiger partial charge in [-0.15, -0.1) is 0 Å². The lowest BCUT2D eigenvalue weighted by Crippen LogP contribution is -2.17. The molecule has 0 fully saturated rings. The summed E-state index contributed by atoms with van der Waals surface area (Å²) in [7, 11) is 0. The van der Waals surface area contributed by atoms with Crippen molar-refractivity contribution in [3.05, 3.63) is 211 Å². The normalized spacial score (nSPS) is 11.9. The Balaban J connectivity index is 1.40. The Morgan fingerprint density at radius 3 is 1.72 bits per heavy atom. The Labute approximate surface area is 310 Å². The van der Waals surface area contributed by atoms with E-state index in [9.17, 15) is 0 Å². The molecule has 252 valence electrons. The second kappa shape index (κ2) is 14.3. The van der Waals surface area contributed by atoms with Crippen LogP contribution in [0.1, 0.15) is 27.8 Å². The van der Waals surface area contributed by atoms with Crippen molar-refractivity contribution in [2.45, 2.75) is 0 Å². The molecule has 0 aliphatic carbocycles. The molecule has 8 aromatic carbocycles. The van der Waals surface area contributed by atoms with E-state index in [2.05, 4.69) is 123 Å². The molecule has 8 rings (SSSR count). The fourth-order valence-electron chi connectivity index (χ4n) is 7.28. The van der Waals surface area contributed by atoms with E-state index in [1.165, 1.54) is 5.39 Å². The van der Waals surface area contributed by atoms with Crippen LogP contribution < -0.4 is 5.73 Å². The number of amidine groups is 2. The van der Waals surface area contributed by atoms with Crippen molar-refractivity contribution in [1.82, 2.24) is 0 Å². The summed E-state index contributed by atoms with van der Waals surface area (Å²) in [5, 5.41) is 6.86. The van der Waals surface area contributed by atoms with Crippen molar-refractivity contribution in [1.29, 1.82) is 0 Å². The lowest BCUT2D eigenvalue weighted by Gasteiger charge is -2.18. The largest absolute Gasteiger partial charge is 0.383 e. The van der Waals surface area contributed by atoms with Gasteiger partial charge in [-0.25, -0.2) is 9.98 Å². The van der Waals surface area contributed by atoms with Gasteiger partial charge in [0.05, 0.1) is 5.70 Å². The van der Waals surface area contributed by atoms with E-state index in [0.29, 0.717) is 17.4 Å². The third-order valence-electron chi connectivity index (χ3n) is 9.79. The Morgan fingerprint density at radius 2 is 1.00 bits per heavy atom. The summed E-state index contributed by atoms with van der Waals surface area (Å²) >= 11 is 0. The minimum absolute atomic E-state index is 0.350. The number of benzene rings is 8. The Morgan fingerprint density at radius 1 is 0.472 bits per heavy atom. The van der Waals surface area contributed by atoms with Gasteiger partial charge < -0.3 is 5.73 Å². The van der Waals surface area contributed by atoms with Crippen LogP contribution in [0, 0.1) is 0 Å². The number of hydrogen-bond acceptors (Lipinski definition) is 1. The zero-order chi connectivity index (χ0) is 36.3. The number of hydrogen-bond donors (Lipinski definition) is 1. The Bertz CT molecular complexity index is 2770. The van der Waals surface area contributed by atoms with E-state index in [-0.39, 0.29) is 0 Å². The highest BCUT2D eigenvalue weighted by Crippen LogP contribution is 2.41. The van der Waals surface area contributed by atoms with Crippen molar-refractivity contribution in [3.63, 3.8) is 0 Å². The molecule has 53 heavy (non-hydrogen) atoms. The molecule has 0 unspecified atom stereocenters. The summed E-state index contributed by atoms with van der Waals surface area (Å²) < 4.78 is 0. The molecule has 3 heteroatoms. The van der Waals surface area contributed by atoms with Crippen molar-refractivity contribution in [2.24, 2.45) is 15.7 Å². The molecule has 0 bridgehead atoms. The lowest BCUT2D eigenvalue weighted by molar-refractivity contribution is 1.43. The molecular formula is C50H37N3. The van der Waals surface area contributed by atoms with Crippen LogP contribution in [0.4, 0.5) is 0 Å². The van der Waals surface area contributed by atoms with Gasteiger partial charge in [-0.1, -0.05) is 177 Å². The van der Waals surface area contributed by atoms with Gasteiger partial charge >= 0.3 is 0 Å². The summed E-state index contributed by atoms with van der Waals surface area (Å²) in [5.41, 5.74) is 16.6. The summed E-state index contributed by atoms with van der Waals surface area (Å²) in [4.78, 5) is 9.97. The molecular weight excluding hydrogens is 643 g/mol. The predicted molar refractivity (Wildman–Crippen MR) is 229 cm³/mol. The van der Waals surface area contributed by atoms with Crippen LogP contribution in [-0.2, 0) is 0 Å². The van der Waals surface area contributed by atoms with Crippen LogP contribution in [0.15, 0.2) is 194 Å². The molecule has 3 nitrogen and oxygen atoms in total. The fourth-order valence-corrected chi connectivity index (χ4v) is 7.28. The second-order valence-corrected chi connectivity index (χ2v) is 12.9. The van der Waals surface area contributed by atoms with Gasteiger partial charge in [-0.05, 0) is 89.5 Å². The molecule has 0 saturated carbocycles. The molecule has 0 aliphatic heterocycles. The number of fused-ring (bicyclic) bond motifs is 4. The van der Waals surface area contributed by atoms with Crippen LogP contribution in [-0.4, -0.2) is 11.7 Å². The highest BCUT2D eigenvalue weighted by atomic mass is 15.0. The molecule has 0 saturated heterocycles. The van der Waals surface area contributed by atoms with Gasteiger partial charge in [0.25, 0.3) is 0 Å². The SMILES string of the molecule is C=Cc1c(C=C)c2cccc(-c3cc(C(N)=NC(=NC(=C)c4ccccc4)c4ccccc4)cc(-c4cccc5ccccc45)c3)c2c2ccccc12. The van der Waals surface area contributed by atoms with E-state index in [4.69, 9.17) is 15.7 Å². The van der Waals surface area contributed by atoms with Crippen LogP contribution in [0.25, 0.3) is 72.4 Å². The number of nitrogens with two attached hydrogens (primary N) is 1. The van der Waals surface area contributed by atoms with Gasteiger partial charge in [0, 0.05) is 11.1 Å². The summed E-state index contributed by atoms with van der Waals surface area (Å²) in [6.45, 7) is 12.7. The molecule has 0 heterocycles. The maximum absolute atomic E-state index is 7.06. The van der Waals surface area contributed by atoms with Gasteiger partial charge in [0.1, 0.15) is 5.84 Å².